The molecule has 4 heterocycles. The Bertz CT molecular complexity index is 2860. The predicted molar refractivity (Wildman–Crippen MR) is 487 cm³/mol. The molecule has 0 saturated carbocycles. The predicted octanol–water partition coefficient (Wildman–Crippen LogP) is -0.465. The summed E-state index contributed by atoms with van der Waals surface area (Å²) in [5.74, 6) is 0.828. The van der Waals surface area contributed by atoms with E-state index in [1.54, 1.807) is 12.5 Å². The van der Waals surface area contributed by atoms with Crippen molar-refractivity contribution in [2.45, 2.75) is 204 Å². The Labute approximate surface area is 741 Å². The summed E-state index contributed by atoms with van der Waals surface area (Å²) in [6, 6.07) is -1.88. The van der Waals surface area contributed by atoms with E-state index in [1.165, 1.54) is 23.5 Å². The van der Waals surface area contributed by atoms with Gasteiger partial charge >= 0.3 is 0 Å². The van der Waals surface area contributed by atoms with Gasteiger partial charge in [0.05, 0.1) is 141 Å². The van der Waals surface area contributed by atoms with Crippen LogP contribution in [0, 0.1) is 23.7 Å². The molecule has 24 N–H and O–H groups in total. The molecule has 0 spiro atoms. The number of nitrogens with one attached hydrogen (secondary N) is 16. The molecule has 4 aliphatic heterocycles. The third-order valence-corrected chi connectivity index (χ3v) is 23.2. The zero-order valence-electron chi connectivity index (χ0n) is 73.3. The number of unbranched alkanes of at least 4 members (excludes halogenated alkanes) is 4. The molecule has 40 heteroatoms. The molecule has 4 saturated heterocycles. The molecule has 0 aliphatic carbocycles. The van der Waals surface area contributed by atoms with Gasteiger partial charge in [-0.1, -0.05) is 49.2 Å². The minimum Gasteiger partial charge on any atom is -0.343 e. The number of rotatable bonds is 40. The fourth-order valence-corrected chi connectivity index (χ4v) is 15.0. The van der Waals surface area contributed by atoms with E-state index in [4.69, 9.17) is 22.9 Å². The van der Waals surface area contributed by atoms with Crippen molar-refractivity contribution in [3.63, 3.8) is 0 Å². The summed E-state index contributed by atoms with van der Waals surface area (Å²) >= 11 is 5.25. The molecule has 0 unspecified atom stereocenters. The van der Waals surface area contributed by atoms with Crippen LogP contribution in [0.5, 0.6) is 0 Å². The van der Waals surface area contributed by atoms with Crippen LogP contribution in [-0.4, -0.2) is 310 Å². The van der Waals surface area contributed by atoms with Gasteiger partial charge in [0.1, 0.15) is 46.3 Å². The molecule has 4 amide bonds. The number of carbonyl (C=O) groups excluding carboxylic acids is 16. The highest BCUT2D eigenvalue weighted by molar-refractivity contribution is 8.13. The second-order valence-corrected chi connectivity index (χ2v) is 34.0. The number of hydrogen-bond donors (Lipinski definition) is 20. The molecular formula is C82H152N20O16S4. The van der Waals surface area contributed by atoms with Gasteiger partial charge < -0.3 is 86.7 Å². The Balaban J connectivity index is 0.000000813. The summed E-state index contributed by atoms with van der Waals surface area (Å²) in [5, 5.41) is 48.4. The lowest BCUT2D eigenvalue weighted by Crippen LogP contribution is -2.43. The lowest BCUT2D eigenvalue weighted by atomic mass is 9.93. The lowest BCUT2D eigenvalue weighted by molar-refractivity contribution is -0.124. The average molecular weight is 1800 g/mol. The van der Waals surface area contributed by atoms with Crippen molar-refractivity contribution >= 4 is 139 Å². The summed E-state index contributed by atoms with van der Waals surface area (Å²) in [6.07, 6.45) is 26.2. The maximum absolute atomic E-state index is 12.8. The van der Waals surface area contributed by atoms with Gasteiger partial charge in [0.15, 0.2) is 23.1 Å². The average Bonchev–Trinajstić information content (AvgIpc) is 1.22. The molecule has 4 fully saturated rings. The first-order chi connectivity index (χ1) is 58.9. The van der Waals surface area contributed by atoms with Crippen molar-refractivity contribution < 1.29 is 76.7 Å². The fraction of sp³-hybridized carbons (Fsp3) is 0.805. The van der Waals surface area contributed by atoms with Crippen molar-refractivity contribution in [3.05, 3.63) is 0 Å². The Hall–Kier alpha value is -5.32. The Morgan fingerprint density at radius 1 is 0.320 bits per heavy atom. The SMILES string of the molecule is CSC(=O)NCNCCCC[C@@H]1CCNCC(=O)CCC[C@@H](C(=O)CN)NCC1=O.CSC(=O)NCNCCCC[C@@H]1CCNCC(=O)CCC[C@@H](C(=O)CN)NCC1=O.CSCC(=O)NCNCCCC[C@@H]1CCNCC(=O)CCC[C@@H](C(=O)CN)NCC1=O.CSCC(=O)NCNCCCC[C@@H]1CCNCC(=O)CCC[C@@H](C(=O)CN)NCC1=O. The van der Waals surface area contributed by atoms with Gasteiger partial charge in [-0.2, -0.15) is 23.5 Å². The number of hydrogen-bond acceptors (Lipinski definition) is 36. The van der Waals surface area contributed by atoms with Crippen LogP contribution in [-0.2, 0) is 67.1 Å². The van der Waals surface area contributed by atoms with Crippen LogP contribution in [0.25, 0.3) is 0 Å². The first-order valence-corrected chi connectivity index (χ1v) is 49.0. The standard InChI is InChI=1S/2C21H39N5O4S.2C20H37N5O4S/c2*1-31-14-21(30)26-15-24-9-3-2-5-16-8-10-23-12-17(27)6-4-7-18(19(28)11-22)25-13-20(16)29;2*1-30-20(29)25-14-23-9-3-2-5-15-8-10-22-12-16(26)6-4-7-17(18(27)11-21)24-13-19(15)28/h2*16,18,23-25H,2-15,22H2,1H3,(H,26,30);2*15,17,22-24H,2-14,21H2,1H3,(H,25,29)/t2*16-,18+;2*15-,17+/m1111/s1. The maximum Gasteiger partial charge on any atom is 0.279 e. The normalized spacial score (nSPS) is 21.8. The maximum atomic E-state index is 12.8. The van der Waals surface area contributed by atoms with E-state index in [1.807, 2.05) is 12.5 Å². The van der Waals surface area contributed by atoms with Gasteiger partial charge in [0.25, 0.3) is 10.5 Å². The molecule has 36 nitrogen and oxygen atoms in total. The summed E-state index contributed by atoms with van der Waals surface area (Å²) in [4.78, 5) is 192. The van der Waals surface area contributed by atoms with Crippen molar-refractivity contribution in [2.24, 2.45) is 46.6 Å². The van der Waals surface area contributed by atoms with E-state index < -0.39 is 24.2 Å². The van der Waals surface area contributed by atoms with E-state index in [-0.39, 0.29) is 168 Å². The molecule has 4 aliphatic rings. The van der Waals surface area contributed by atoms with Gasteiger partial charge in [0.2, 0.25) is 11.8 Å². The minimum absolute atomic E-state index is 0.0134. The molecule has 122 heavy (non-hydrogen) atoms. The Morgan fingerprint density at radius 2 is 0.549 bits per heavy atom. The van der Waals surface area contributed by atoms with E-state index in [0.717, 1.165) is 127 Å². The number of nitrogens with two attached hydrogens (primary N) is 4. The largest absolute Gasteiger partial charge is 0.343 e. The van der Waals surface area contributed by atoms with Crippen LogP contribution in [0.15, 0.2) is 0 Å². The van der Waals surface area contributed by atoms with Crippen LogP contribution in [0.4, 0.5) is 9.59 Å². The summed E-state index contributed by atoms with van der Waals surface area (Å²) < 4.78 is 0. The van der Waals surface area contributed by atoms with E-state index in [0.29, 0.717) is 193 Å². The summed E-state index contributed by atoms with van der Waals surface area (Å²) in [6.45, 7) is 8.76. The second kappa shape index (κ2) is 76.9. The van der Waals surface area contributed by atoms with Gasteiger partial charge in [-0.3, -0.25) is 98.0 Å². The van der Waals surface area contributed by atoms with E-state index in [2.05, 4.69) is 85.1 Å². The molecule has 700 valence electrons. The summed E-state index contributed by atoms with van der Waals surface area (Å²) in [5.41, 5.74) is 22.0. The minimum atomic E-state index is -0.471. The van der Waals surface area contributed by atoms with Crippen LogP contribution in [0.2, 0.25) is 0 Å². The summed E-state index contributed by atoms with van der Waals surface area (Å²) in [7, 11) is 0. The molecular weight excluding hydrogens is 1650 g/mol. The van der Waals surface area contributed by atoms with Crippen LogP contribution < -0.4 is 108 Å². The molecule has 0 aromatic carbocycles. The molecule has 0 aromatic rings. The van der Waals surface area contributed by atoms with Gasteiger partial charge in [-0.15, -0.1) is 0 Å². The second-order valence-electron chi connectivity index (χ2n) is 30.7. The first-order valence-electron chi connectivity index (χ1n) is 43.7. The molecule has 0 aromatic heterocycles. The van der Waals surface area contributed by atoms with E-state index in [9.17, 15) is 76.7 Å². The van der Waals surface area contributed by atoms with Gasteiger partial charge in [0, 0.05) is 49.4 Å². The first kappa shape index (κ1) is 115. The fourth-order valence-electron chi connectivity index (χ4n) is 13.8. The lowest BCUT2D eigenvalue weighted by Gasteiger charge is -2.19. The molecule has 4 rings (SSSR count). The molecule has 0 radical (unpaired) electrons. The van der Waals surface area contributed by atoms with Gasteiger partial charge in [-0.25, -0.2) is 0 Å². The molecule has 0 bridgehead atoms. The number of carbonyl (C=O) groups is 16. The van der Waals surface area contributed by atoms with Crippen LogP contribution >= 0.6 is 47.0 Å². The topological polar surface area (TPSA) is 570 Å². The number of thioether (sulfide) groups is 4. The van der Waals surface area contributed by atoms with E-state index >= 15 is 0 Å². The van der Waals surface area contributed by atoms with Crippen LogP contribution in [0.1, 0.15) is 180 Å². The zero-order valence-corrected chi connectivity index (χ0v) is 76.5. The highest BCUT2D eigenvalue weighted by Gasteiger charge is 2.29. The van der Waals surface area contributed by atoms with Gasteiger partial charge in [-0.05, 0) is 206 Å². The highest BCUT2D eigenvalue weighted by Crippen LogP contribution is 2.20. The Morgan fingerprint density at radius 3 is 0.762 bits per heavy atom. The van der Waals surface area contributed by atoms with Crippen molar-refractivity contribution in [3.8, 4) is 0 Å². The number of amides is 4. The third-order valence-electron chi connectivity index (χ3n) is 21.1. The highest BCUT2D eigenvalue weighted by atomic mass is 32.2. The van der Waals surface area contributed by atoms with Crippen molar-refractivity contribution in [2.75, 3.05) is 194 Å². The number of Topliss-reactive ketones (excluding diaryl/α,β-unsaturated/α-hetero) is 12. The third kappa shape index (κ3) is 60.4. The molecule has 8 atom stereocenters. The van der Waals surface area contributed by atoms with Crippen molar-refractivity contribution in [1.82, 2.24) is 85.1 Å². The van der Waals surface area contributed by atoms with Crippen molar-refractivity contribution in [1.29, 1.82) is 0 Å². The number of ketones is 12. The Kier molecular flexibility index (Phi) is 72.3. The smallest absolute Gasteiger partial charge is 0.279 e. The monoisotopic (exact) mass is 1800 g/mol. The zero-order chi connectivity index (χ0) is 90.2. The van der Waals surface area contributed by atoms with Crippen LogP contribution in [0.3, 0.4) is 0 Å². The quantitative estimate of drug-likeness (QED) is 0.0272.